The van der Waals surface area contributed by atoms with Gasteiger partial charge in [0, 0.05) is 5.02 Å². The van der Waals surface area contributed by atoms with Crippen LogP contribution in [-0.4, -0.2) is 25.0 Å². The van der Waals surface area contributed by atoms with Gasteiger partial charge in [0.2, 0.25) is 0 Å². The van der Waals surface area contributed by atoms with Crippen LogP contribution in [0.5, 0.6) is 17.2 Å². The molecule has 0 aromatic heterocycles. The number of nitrogens with one attached hydrogen (secondary N) is 1. The molecule has 0 radical (unpaired) electrons. The van der Waals surface area contributed by atoms with E-state index in [0.29, 0.717) is 28.7 Å². The zero-order chi connectivity index (χ0) is 31.4. The van der Waals surface area contributed by atoms with Crippen molar-refractivity contribution in [2.75, 3.05) is 12.0 Å². The Balaban J connectivity index is 1.31. The fourth-order valence-corrected chi connectivity index (χ4v) is 5.18. The van der Waals surface area contributed by atoms with Gasteiger partial charge in [-0.25, -0.2) is 9.69 Å². The number of carbonyl (C=O) groups is 3. The minimum absolute atomic E-state index is 0.117. The summed E-state index contributed by atoms with van der Waals surface area (Å²) in [5.74, 6) is -0.342. The maximum absolute atomic E-state index is 13.3. The van der Waals surface area contributed by atoms with Crippen molar-refractivity contribution in [1.29, 1.82) is 0 Å². The van der Waals surface area contributed by atoms with E-state index < -0.39 is 17.8 Å². The average molecular weight is 652 g/mol. The van der Waals surface area contributed by atoms with Gasteiger partial charge in [-0.05, 0) is 71.7 Å². The van der Waals surface area contributed by atoms with Gasteiger partial charge in [-0.3, -0.25) is 14.9 Å². The number of hydrogen-bond donors (Lipinski definition) is 1. The summed E-state index contributed by atoms with van der Waals surface area (Å²) in [6.07, 6.45) is 1.30. The molecule has 4 aromatic carbocycles. The highest BCUT2D eigenvalue weighted by Gasteiger charge is 2.37. The molecule has 4 aromatic rings. The number of hydrogen-bond acceptors (Lipinski definition) is 6. The van der Waals surface area contributed by atoms with Crippen LogP contribution >= 0.6 is 34.8 Å². The number of anilines is 1. The number of benzene rings is 4. The van der Waals surface area contributed by atoms with Gasteiger partial charge >= 0.3 is 6.03 Å². The van der Waals surface area contributed by atoms with E-state index in [1.165, 1.54) is 24.3 Å². The molecule has 0 bridgehead atoms. The van der Waals surface area contributed by atoms with Crippen LogP contribution in [0.15, 0.2) is 84.4 Å². The lowest BCUT2D eigenvalue weighted by Gasteiger charge is -2.26. The maximum Gasteiger partial charge on any atom is 0.335 e. The Kier molecular flexibility index (Phi) is 9.44. The van der Waals surface area contributed by atoms with Crippen molar-refractivity contribution in [3.63, 3.8) is 0 Å². The summed E-state index contributed by atoms with van der Waals surface area (Å²) in [7, 11) is 1.55. The van der Waals surface area contributed by atoms with Crippen molar-refractivity contribution in [2.24, 2.45) is 0 Å². The van der Waals surface area contributed by atoms with Gasteiger partial charge in [-0.1, -0.05) is 77.3 Å². The van der Waals surface area contributed by atoms with Crippen molar-refractivity contribution in [3.05, 3.63) is 122 Å². The third-order valence-corrected chi connectivity index (χ3v) is 7.66. The van der Waals surface area contributed by atoms with E-state index in [1.807, 2.05) is 36.4 Å². The zero-order valence-electron chi connectivity index (χ0n) is 23.5. The molecule has 1 heterocycles. The molecule has 44 heavy (non-hydrogen) atoms. The Morgan fingerprint density at radius 1 is 0.773 bits per heavy atom. The summed E-state index contributed by atoms with van der Waals surface area (Å²) >= 11 is 19.2. The summed E-state index contributed by atoms with van der Waals surface area (Å²) in [6, 6.07) is 22.0. The van der Waals surface area contributed by atoms with Crippen LogP contribution < -0.4 is 24.4 Å². The molecule has 1 aliphatic heterocycles. The number of amides is 4. The number of rotatable bonds is 9. The number of barbiturate groups is 1. The number of halogens is 3. The van der Waals surface area contributed by atoms with E-state index in [-0.39, 0.29) is 33.7 Å². The molecule has 0 unspecified atom stereocenters. The van der Waals surface area contributed by atoms with Gasteiger partial charge in [0.1, 0.15) is 18.8 Å². The molecule has 0 atom stereocenters. The van der Waals surface area contributed by atoms with Gasteiger partial charge in [0.05, 0.1) is 22.8 Å². The molecule has 0 aliphatic carbocycles. The van der Waals surface area contributed by atoms with E-state index in [0.717, 1.165) is 21.6 Å². The lowest BCUT2D eigenvalue weighted by atomic mass is 10.1. The second kappa shape index (κ2) is 13.4. The summed E-state index contributed by atoms with van der Waals surface area (Å²) in [6.45, 7) is 2.30. The molecular weight excluding hydrogens is 627 g/mol. The number of imide groups is 2. The first-order valence-electron chi connectivity index (χ1n) is 13.3. The van der Waals surface area contributed by atoms with Crippen molar-refractivity contribution in [2.45, 2.75) is 20.1 Å². The fraction of sp³-hybridized carbons (Fsp3) is 0.121. The van der Waals surface area contributed by atoms with E-state index in [1.54, 1.807) is 38.3 Å². The van der Waals surface area contributed by atoms with Crippen molar-refractivity contribution in [1.82, 2.24) is 5.32 Å². The van der Waals surface area contributed by atoms with E-state index >= 15 is 0 Å². The zero-order valence-corrected chi connectivity index (χ0v) is 25.8. The second-order valence-electron chi connectivity index (χ2n) is 9.75. The van der Waals surface area contributed by atoms with Crippen LogP contribution in [0.1, 0.15) is 22.3 Å². The molecule has 1 fully saturated rings. The largest absolute Gasteiger partial charge is 0.493 e. The van der Waals surface area contributed by atoms with Gasteiger partial charge < -0.3 is 14.2 Å². The highest BCUT2D eigenvalue weighted by molar-refractivity contribution is 6.40. The van der Waals surface area contributed by atoms with Crippen LogP contribution in [0.25, 0.3) is 6.08 Å². The quantitative estimate of drug-likeness (QED) is 0.147. The number of urea groups is 1. The van der Waals surface area contributed by atoms with Gasteiger partial charge in [0.15, 0.2) is 17.2 Å². The molecule has 224 valence electrons. The molecule has 5 rings (SSSR count). The third kappa shape index (κ3) is 6.83. The third-order valence-electron chi connectivity index (χ3n) is 6.70. The van der Waals surface area contributed by atoms with Gasteiger partial charge in [0.25, 0.3) is 11.8 Å². The van der Waals surface area contributed by atoms with E-state index in [2.05, 4.69) is 5.32 Å². The second-order valence-corrected chi connectivity index (χ2v) is 11.0. The number of aryl methyl sites for hydroxylation is 1. The molecule has 0 saturated carbocycles. The highest BCUT2D eigenvalue weighted by Crippen LogP contribution is 2.37. The standard InChI is InChI=1S/C33H25Cl3N2O6/c1-19-8-10-23(16-25(19)34)38-32(40)24(31(39)37-33(38)41)12-22-13-26(35)30(27(36)14-22)44-18-21-9-11-28(29(15-21)42-2)43-17-20-6-4-3-5-7-20/h3-16H,17-18H2,1-2H3,(H,37,39,41)/b24-12+. The van der Waals surface area contributed by atoms with Crippen molar-refractivity contribution < 1.29 is 28.6 Å². The molecule has 4 amide bonds. The maximum atomic E-state index is 13.3. The lowest BCUT2D eigenvalue weighted by molar-refractivity contribution is -0.122. The van der Waals surface area contributed by atoms with Gasteiger partial charge in [-0.2, -0.15) is 0 Å². The van der Waals surface area contributed by atoms with Gasteiger partial charge in [-0.15, -0.1) is 0 Å². The smallest absolute Gasteiger partial charge is 0.335 e. The van der Waals surface area contributed by atoms with Crippen molar-refractivity contribution in [3.8, 4) is 17.2 Å². The molecule has 1 N–H and O–H groups in total. The first-order valence-corrected chi connectivity index (χ1v) is 14.4. The molecule has 1 saturated heterocycles. The van der Waals surface area contributed by atoms with Crippen LogP contribution in [0.4, 0.5) is 10.5 Å². The summed E-state index contributed by atoms with van der Waals surface area (Å²) in [4.78, 5) is 39.2. The Morgan fingerprint density at radius 3 is 2.16 bits per heavy atom. The highest BCUT2D eigenvalue weighted by atomic mass is 35.5. The number of nitrogens with zero attached hydrogens (tertiary/aromatic N) is 1. The average Bonchev–Trinajstić information content (AvgIpc) is 3.00. The lowest BCUT2D eigenvalue weighted by Crippen LogP contribution is -2.54. The predicted octanol–water partition coefficient (Wildman–Crippen LogP) is 7.79. The Morgan fingerprint density at radius 2 is 1.48 bits per heavy atom. The first-order chi connectivity index (χ1) is 21.1. The Labute approximate surface area is 268 Å². The number of ether oxygens (including phenoxy) is 3. The summed E-state index contributed by atoms with van der Waals surface area (Å²) < 4.78 is 17.3. The SMILES string of the molecule is COc1cc(COc2c(Cl)cc(/C=C3\C(=O)NC(=O)N(c4ccc(C)c(Cl)c4)C3=O)cc2Cl)ccc1OCc1ccccc1. The number of methoxy groups -OCH3 is 1. The molecule has 0 spiro atoms. The normalized spacial score (nSPS) is 14.1. The first kappa shape index (κ1) is 30.9. The topological polar surface area (TPSA) is 94.2 Å². The van der Waals surface area contributed by atoms with E-state index in [9.17, 15) is 14.4 Å². The molecular formula is C33H25Cl3N2O6. The van der Waals surface area contributed by atoms with Crippen LogP contribution in [0, 0.1) is 6.92 Å². The van der Waals surface area contributed by atoms with Crippen LogP contribution in [0.2, 0.25) is 15.1 Å². The molecule has 1 aliphatic rings. The van der Waals surface area contributed by atoms with Crippen molar-refractivity contribution >= 4 is 64.4 Å². The summed E-state index contributed by atoms with van der Waals surface area (Å²) in [5, 5.41) is 2.85. The monoisotopic (exact) mass is 650 g/mol. The number of carbonyl (C=O) groups excluding carboxylic acids is 3. The Bertz CT molecular complexity index is 1770. The minimum atomic E-state index is -0.885. The minimum Gasteiger partial charge on any atom is -0.493 e. The molecule has 11 heteroatoms. The predicted molar refractivity (Wildman–Crippen MR) is 170 cm³/mol. The fourth-order valence-electron chi connectivity index (χ4n) is 4.39. The molecule has 8 nitrogen and oxygen atoms in total. The Hall–Kier alpha value is -4.50. The van der Waals surface area contributed by atoms with Crippen LogP contribution in [-0.2, 0) is 22.8 Å². The van der Waals surface area contributed by atoms with Crippen LogP contribution in [0.3, 0.4) is 0 Å². The van der Waals surface area contributed by atoms with E-state index in [4.69, 9.17) is 49.0 Å². The summed E-state index contributed by atoms with van der Waals surface area (Å²) in [5.41, 5.74) is 2.85.